The Kier molecular flexibility index (Phi) is 3.74. The molecule has 0 radical (unpaired) electrons. The van der Waals surface area contributed by atoms with Crippen molar-refractivity contribution in [2.75, 3.05) is 39.3 Å². The van der Waals surface area contributed by atoms with Crippen LogP contribution in [0.1, 0.15) is 25.7 Å². The maximum atomic E-state index is 12.2. The summed E-state index contributed by atoms with van der Waals surface area (Å²) in [6.45, 7) is 3.89. The molecule has 0 aromatic carbocycles. The average molecular weight is 279 g/mol. The van der Waals surface area contributed by atoms with Crippen LogP contribution in [0.25, 0.3) is 0 Å². The second-order valence-corrected chi connectivity index (χ2v) is 5.93. The first-order valence-electron chi connectivity index (χ1n) is 7.45. The number of amides is 2. The maximum absolute atomic E-state index is 12.2. The fraction of sp³-hybridized carbons (Fsp3) is 0.786. The largest absolute Gasteiger partial charge is 0.341 e. The van der Waals surface area contributed by atoms with E-state index >= 15 is 0 Å². The zero-order valence-corrected chi connectivity index (χ0v) is 11.7. The fourth-order valence-electron chi connectivity index (χ4n) is 3.37. The highest BCUT2D eigenvalue weighted by atomic mass is 16.2. The number of hydrogen-bond acceptors (Lipinski definition) is 4. The Morgan fingerprint density at radius 3 is 2.55 bits per heavy atom. The Bertz CT molecular complexity index is 427. The Labute approximate surface area is 118 Å². The van der Waals surface area contributed by atoms with Crippen LogP contribution in [0.3, 0.4) is 0 Å². The quantitative estimate of drug-likeness (QED) is 0.683. The molecule has 1 atom stereocenters. The summed E-state index contributed by atoms with van der Waals surface area (Å²) < 4.78 is 0. The van der Waals surface area contributed by atoms with Gasteiger partial charge in [-0.3, -0.25) is 19.3 Å². The molecule has 0 N–H and O–H groups in total. The molecule has 0 aliphatic carbocycles. The smallest absolute Gasteiger partial charge is 0.236 e. The first kappa shape index (κ1) is 13.5. The number of Topliss-reactive ketones (excluding diaryl/α,β-unsaturated/α-hetero) is 1. The molecule has 6 nitrogen and oxygen atoms in total. The lowest BCUT2D eigenvalue weighted by Crippen LogP contribution is -2.54. The van der Waals surface area contributed by atoms with Crippen LogP contribution in [-0.4, -0.2) is 77.6 Å². The van der Waals surface area contributed by atoms with Crippen LogP contribution in [0.4, 0.5) is 0 Å². The number of ketones is 1. The van der Waals surface area contributed by atoms with E-state index in [9.17, 15) is 14.4 Å². The standard InChI is InChI=1S/C14H21N3O3/c18-12-3-5-16(6-4-12)14(20)10-15-7-8-17-11(9-15)1-2-13(17)19/h11H,1-10H2. The van der Waals surface area contributed by atoms with Gasteiger partial charge in [0.15, 0.2) is 0 Å². The molecule has 2 amide bonds. The number of carbonyl (C=O) groups excluding carboxylic acids is 3. The van der Waals surface area contributed by atoms with Crippen molar-refractivity contribution in [2.45, 2.75) is 31.7 Å². The first-order chi connectivity index (χ1) is 9.63. The molecule has 0 saturated carbocycles. The van der Waals surface area contributed by atoms with Crippen molar-refractivity contribution < 1.29 is 14.4 Å². The van der Waals surface area contributed by atoms with E-state index in [-0.39, 0.29) is 17.6 Å². The van der Waals surface area contributed by atoms with E-state index < -0.39 is 0 Å². The van der Waals surface area contributed by atoms with Crippen molar-refractivity contribution in [2.24, 2.45) is 0 Å². The molecular weight excluding hydrogens is 258 g/mol. The molecule has 3 aliphatic rings. The van der Waals surface area contributed by atoms with Gasteiger partial charge in [0.2, 0.25) is 11.8 Å². The van der Waals surface area contributed by atoms with Crippen LogP contribution in [0.2, 0.25) is 0 Å². The van der Waals surface area contributed by atoms with Gasteiger partial charge in [0.1, 0.15) is 5.78 Å². The summed E-state index contributed by atoms with van der Waals surface area (Å²) in [6.07, 6.45) is 2.57. The van der Waals surface area contributed by atoms with Crippen molar-refractivity contribution in [3.05, 3.63) is 0 Å². The molecule has 1 unspecified atom stereocenters. The fourth-order valence-corrected chi connectivity index (χ4v) is 3.37. The third kappa shape index (κ3) is 2.70. The SMILES string of the molecule is O=C1CCN(C(=O)CN2CCN3C(=O)CCC3C2)CC1. The predicted octanol–water partition coefficient (Wildman–Crippen LogP) is -0.515. The summed E-state index contributed by atoms with van der Waals surface area (Å²) in [5, 5.41) is 0. The van der Waals surface area contributed by atoms with E-state index in [0.717, 1.165) is 26.1 Å². The summed E-state index contributed by atoms with van der Waals surface area (Å²) >= 11 is 0. The van der Waals surface area contributed by atoms with Gasteiger partial charge in [0.05, 0.1) is 6.54 Å². The van der Waals surface area contributed by atoms with Crippen LogP contribution >= 0.6 is 0 Å². The molecule has 6 heteroatoms. The summed E-state index contributed by atoms with van der Waals surface area (Å²) in [7, 11) is 0. The third-order valence-corrected chi connectivity index (χ3v) is 4.61. The maximum Gasteiger partial charge on any atom is 0.236 e. The molecule has 0 aromatic heterocycles. The number of fused-ring (bicyclic) bond motifs is 1. The summed E-state index contributed by atoms with van der Waals surface area (Å²) in [4.78, 5) is 40.9. The van der Waals surface area contributed by atoms with Crippen molar-refractivity contribution in [1.29, 1.82) is 0 Å². The van der Waals surface area contributed by atoms with Gasteiger partial charge >= 0.3 is 0 Å². The highest BCUT2D eigenvalue weighted by Gasteiger charge is 2.36. The number of carbonyl (C=O) groups is 3. The lowest BCUT2D eigenvalue weighted by atomic mass is 10.1. The van der Waals surface area contributed by atoms with Gasteiger partial charge in [0, 0.05) is 58.0 Å². The second kappa shape index (κ2) is 5.52. The normalized spacial score (nSPS) is 27.9. The van der Waals surface area contributed by atoms with E-state index in [2.05, 4.69) is 4.90 Å². The van der Waals surface area contributed by atoms with Crippen molar-refractivity contribution in [3.63, 3.8) is 0 Å². The molecule has 3 fully saturated rings. The number of nitrogens with zero attached hydrogens (tertiary/aromatic N) is 3. The van der Waals surface area contributed by atoms with E-state index in [1.165, 1.54) is 0 Å². The van der Waals surface area contributed by atoms with Crippen LogP contribution in [-0.2, 0) is 14.4 Å². The zero-order valence-electron chi connectivity index (χ0n) is 11.7. The Morgan fingerprint density at radius 2 is 1.80 bits per heavy atom. The summed E-state index contributed by atoms with van der Waals surface area (Å²) in [5.41, 5.74) is 0. The molecule has 0 bridgehead atoms. The molecule has 3 aliphatic heterocycles. The van der Waals surface area contributed by atoms with Crippen LogP contribution in [0.15, 0.2) is 0 Å². The highest BCUT2D eigenvalue weighted by Crippen LogP contribution is 2.22. The van der Waals surface area contributed by atoms with Gasteiger partial charge in [-0.05, 0) is 6.42 Å². The Balaban J connectivity index is 1.50. The minimum Gasteiger partial charge on any atom is -0.341 e. The lowest BCUT2D eigenvalue weighted by molar-refractivity contribution is -0.136. The van der Waals surface area contributed by atoms with E-state index in [4.69, 9.17) is 0 Å². The zero-order chi connectivity index (χ0) is 14.1. The number of piperazine rings is 1. The second-order valence-electron chi connectivity index (χ2n) is 5.93. The Hall–Kier alpha value is -1.43. The molecular formula is C14H21N3O3. The molecule has 0 spiro atoms. The topological polar surface area (TPSA) is 60.9 Å². The predicted molar refractivity (Wildman–Crippen MR) is 72.0 cm³/mol. The molecule has 3 saturated heterocycles. The van der Waals surface area contributed by atoms with Gasteiger partial charge in [0.25, 0.3) is 0 Å². The first-order valence-corrected chi connectivity index (χ1v) is 7.45. The molecule has 0 aromatic rings. The van der Waals surface area contributed by atoms with Crippen molar-refractivity contribution in [1.82, 2.24) is 14.7 Å². The molecule has 3 heterocycles. The van der Waals surface area contributed by atoms with Crippen LogP contribution in [0, 0.1) is 0 Å². The van der Waals surface area contributed by atoms with Gasteiger partial charge in [-0.2, -0.15) is 0 Å². The van der Waals surface area contributed by atoms with Gasteiger partial charge in [-0.1, -0.05) is 0 Å². The highest BCUT2D eigenvalue weighted by molar-refractivity contribution is 5.84. The molecule has 110 valence electrons. The Morgan fingerprint density at radius 1 is 1.05 bits per heavy atom. The van der Waals surface area contributed by atoms with Crippen LogP contribution < -0.4 is 0 Å². The number of likely N-dealkylation sites (tertiary alicyclic amines) is 1. The van der Waals surface area contributed by atoms with Crippen molar-refractivity contribution >= 4 is 17.6 Å². The number of piperidine rings is 1. The lowest BCUT2D eigenvalue weighted by Gasteiger charge is -2.38. The monoisotopic (exact) mass is 279 g/mol. The van der Waals surface area contributed by atoms with E-state index in [0.29, 0.717) is 44.9 Å². The number of rotatable bonds is 2. The van der Waals surface area contributed by atoms with Crippen LogP contribution in [0.5, 0.6) is 0 Å². The third-order valence-electron chi connectivity index (χ3n) is 4.61. The summed E-state index contributed by atoms with van der Waals surface area (Å²) in [5.74, 6) is 0.637. The van der Waals surface area contributed by atoms with Gasteiger partial charge < -0.3 is 9.80 Å². The molecule has 20 heavy (non-hydrogen) atoms. The van der Waals surface area contributed by atoms with E-state index in [1.807, 2.05) is 4.90 Å². The summed E-state index contributed by atoms with van der Waals surface area (Å²) in [6, 6.07) is 0.298. The van der Waals surface area contributed by atoms with Gasteiger partial charge in [-0.15, -0.1) is 0 Å². The van der Waals surface area contributed by atoms with Gasteiger partial charge in [-0.25, -0.2) is 0 Å². The molecule has 3 rings (SSSR count). The minimum absolute atomic E-state index is 0.121. The minimum atomic E-state index is 0.121. The van der Waals surface area contributed by atoms with E-state index in [1.54, 1.807) is 4.90 Å². The number of hydrogen-bond donors (Lipinski definition) is 0. The van der Waals surface area contributed by atoms with Crippen molar-refractivity contribution in [3.8, 4) is 0 Å². The average Bonchev–Trinajstić information content (AvgIpc) is 2.81.